The number of halogens is 2. The molecule has 1 aliphatic carbocycles. The normalized spacial score (nSPS) is 28.8. The highest BCUT2D eigenvalue weighted by atomic mass is 19.1. The highest BCUT2D eigenvalue weighted by Gasteiger charge is 2.44. The van der Waals surface area contributed by atoms with E-state index in [0.717, 1.165) is 62.4 Å². The average Bonchev–Trinajstić information content (AvgIpc) is 3.33. The Kier molecular flexibility index (Phi) is 9.06. The number of rotatable bonds is 8. The molecule has 8 heteroatoms. The summed E-state index contributed by atoms with van der Waals surface area (Å²) in [4.78, 5) is 15.8. The summed E-state index contributed by atoms with van der Waals surface area (Å²) in [5.74, 6) is -0.707. The number of ether oxygens (including phenoxy) is 2. The molecule has 5 rings (SSSR count). The first-order valence-corrected chi connectivity index (χ1v) is 14.4. The minimum Gasteiger partial charge on any atom is -0.378 e. The molecule has 2 aromatic carbocycles. The molecule has 1 unspecified atom stereocenters. The number of likely N-dealkylation sites (tertiary alicyclic amines) is 1. The SMILES string of the molecule is CO[C@H]1CC(CCC(=O)[C@@H]2CN(C3=NN=CCC3)C[C@H]2c2ccc(F)cc2F)CCC[C@]1(OC)c1ccccc1. The molecule has 3 aliphatic rings. The smallest absolute Gasteiger partial charge is 0.138 e. The molecule has 0 radical (unpaired) electrons. The van der Waals surface area contributed by atoms with E-state index in [1.54, 1.807) is 20.4 Å². The molecule has 1 saturated heterocycles. The molecule has 0 bridgehead atoms. The van der Waals surface area contributed by atoms with E-state index in [1.165, 1.54) is 12.1 Å². The lowest BCUT2D eigenvalue weighted by Gasteiger charge is -2.38. The molecule has 1 saturated carbocycles. The second kappa shape index (κ2) is 12.7. The number of Topliss-reactive ketones (excluding diaryl/α,β-unsaturated/α-hetero) is 1. The summed E-state index contributed by atoms with van der Waals surface area (Å²) >= 11 is 0. The van der Waals surface area contributed by atoms with Gasteiger partial charge in [0.1, 0.15) is 28.9 Å². The predicted molar refractivity (Wildman–Crippen MR) is 151 cm³/mol. The van der Waals surface area contributed by atoms with Crippen LogP contribution in [0.5, 0.6) is 0 Å². The van der Waals surface area contributed by atoms with E-state index in [0.29, 0.717) is 31.0 Å². The quantitative estimate of drug-likeness (QED) is 0.364. The van der Waals surface area contributed by atoms with Crippen molar-refractivity contribution in [2.75, 3.05) is 27.3 Å². The molecule has 2 aliphatic heterocycles. The topological polar surface area (TPSA) is 63.5 Å². The summed E-state index contributed by atoms with van der Waals surface area (Å²) < 4.78 is 40.8. The van der Waals surface area contributed by atoms with Crippen molar-refractivity contribution in [2.24, 2.45) is 22.0 Å². The Morgan fingerprint density at radius 1 is 1.12 bits per heavy atom. The second-order valence-electron chi connectivity index (χ2n) is 11.3. The van der Waals surface area contributed by atoms with Gasteiger partial charge in [-0.25, -0.2) is 8.78 Å². The zero-order valence-electron chi connectivity index (χ0n) is 23.4. The molecule has 2 aromatic rings. The Hall–Kier alpha value is -2.97. The van der Waals surface area contributed by atoms with Crippen molar-refractivity contribution in [3.8, 4) is 0 Å². The van der Waals surface area contributed by atoms with Gasteiger partial charge >= 0.3 is 0 Å². The molecular weight excluding hydrogens is 512 g/mol. The van der Waals surface area contributed by atoms with Crippen molar-refractivity contribution in [1.29, 1.82) is 0 Å². The van der Waals surface area contributed by atoms with E-state index >= 15 is 0 Å². The van der Waals surface area contributed by atoms with E-state index in [4.69, 9.17) is 9.47 Å². The molecule has 0 amide bonds. The number of benzene rings is 2. The standard InChI is InChI=1S/C32H39F2N3O3/c1-39-30-18-22(8-6-16-32(30,40-2)23-9-4-3-5-10-23)12-15-29(38)27-21-37(31-11-7-17-35-36-31)20-26(27)25-14-13-24(33)19-28(25)34/h3-5,9-10,13-14,17,19,22,26-27,30H,6-8,11-12,15-16,18,20-21H2,1-2H3/t22?,26-,27+,30-,32-/m0/s1. The van der Waals surface area contributed by atoms with Crippen LogP contribution in [0.3, 0.4) is 0 Å². The van der Waals surface area contributed by atoms with Crippen LogP contribution >= 0.6 is 0 Å². The van der Waals surface area contributed by atoms with Gasteiger partial charge < -0.3 is 14.4 Å². The first-order chi connectivity index (χ1) is 19.4. The molecule has 2 fully saturated rings. The fourth-order valence-electron chi connectivity index (χ4n) is 7.00. The molecule has 6 nitrogen and oxygen atoms in total. The third-order valence-corrected chi connectivity index (χ3v) is 9.15. The third kappa shape index (κ3) is 5.88. The van der Waals surface area contributed by atoms with Gasteiger partial charge in [0.15, 0.2) is 0 Å². The minimum atomic E-state index is -0.617. The maximum absolute atomic E-state index is 14.9. The average molecular weight is 552 g/mol. The molecule has 2 heterocycles. The van der Waals surface area contributed by atoms with Gasteiger partial charge in [-0.05, 0) is 55.2 Å². The third-order valence-electron chi connectivity index (χ3n) is 9.15. The minimum absolute atomic E-state index is 0.121. The number of carbonyl (C=O) groups excluding carboxylic acids is 1. The van der Waals surface area contributed by atoms with E-state index in [9.17, 15) is 13.6 Å². The Bertz CT molecular complexity index is 1240. The fraction of sp³-hybridized carbons (Fsp3) is 0.531. The van der Waals surface area contributed by atoms with Gasteiger partial charge in [-0.15, -0.1) is 5.10 Å². The summed E-state index contributed by atoms with van der Waals surface area (Å²) in [5.41, 5.74) is 0.991. The predicted octanol–water partition coefficient (Wildman–Crippen LogP) is 6.25. The van der Waals surface area contributed by atoms with Crippen molar-refractivity contribution in [3.05, 3.63) is 71.3 Å². The monoisotopic (exact) mass is 551 g/mol. The molecular formula is C32H39F2N3O3. The van der Waals surface area contributed by atoms with Gasteiger partial charge in [0, 0.05) is 64.3 Å². The van der Waals surface area contributed by atoms with Crippen LogP contribution in [-0.4, -0.2) is 56.1 Å². The lowest BCUT2D eigenvalue weighted by molar-refractivity contribution is -0.130. The van der Waals surface area contributed by atoms with Crippen molar-refractivity contribution >= 4 is 17.8 Å². The Morgan fingerprint density at radius 2 is 1.95 bits per heavy atom. The van der Waals surface area contributed by atoms with Crippen LogP contribution in [0, 0.1) is 23.5 Å². The van der Waals surface area contributed by atoms with Crippen LogP contribution < -0.4 is 0 Å². The van der Waals surface area contributed by atoms with Gasteiger partial charge in [-0.2, -0.15) is 5.10 Å². The van der Waals surface area contributed by atoms with Crippen LogP contribution in [0.15, 0.2) is 58.7 Å². The first-order valence-electron chi connectivity index (χ1n) is 14.4. The van der Waals surface area contributed by atoms with Gasteiger partial charge in [-0.3, -0.25) is 4.79 Å². The molecule has 5 atom stereocenters. The highest BCUT2D eigenvalue weighted by Crippen LogP contribution is 2.44. The lowest BCUT2D eigenvalue weighted by Crippen LogP contribution is -2.42. The van der Waals surface area contributed by atoms with Crippen LogP contribution in [0.25, 0.3) is 0 Å². The zero-order valence-corrected chi connectivity index (χ0v) is 23.4. The number of nitrogens with zero attached hydrogens (tertiary/aromatic N) is 3. The van der Waals surface area contributed by atoms with E-state index in [-0.39, 0.29) is 23.7 Å². The van der Waals surface area contributed by atoms with Crippen molar-refractivity contribution in [2.45, 2.75) is 69.0 Å². The highest BCUT2D eigenvalue weighted by molar-refractivity contribution is 5.89. The fourth-order valence-corrected chi connectivity index (χ4v) is 7.00. The van der Waals surface area contributed by atoms with Crippen molar-refractivity contribution < 1.29 is 23.0 Å². The molecule has 0 spiro atoms. The second-order valence-corrected chi connectivity index (χ2v) is 11.3. The van der Waals surface area contributed by atoms with Gasteiger partial charge in [0.25, 0.3) is 0 Å². The Balaban J connectivity index is 1.30. The Labute approximate surface area is 235 Å². The summed E-state index contributed by atoms with van der Waals surface area (Å²) in [6.07, 6.45) is 7.95. The van der Waals surface area contributed by atoms with Crippen LogP contribution in [0.4, 0.5) is 8.78 Å². The van der Waals surface area contributed by atoms with E-state index in [2.05, 4.69) is 27.2 Å². The number of ketones is 1. The number of hydrogen-bond donors (Lipinski definition) is 0. The van der Waals surface area contributed by atoms with Crippen LogP contribution in [0.1, 0.15) is 68.4 Å². The number of hydrogen-bond acceptors (Lipinski definition) is 6. The van der Waals surface area contributed by atoms with Crippen molar-refractivity contribution in [1.82, 2.24) is 4.90 Å². The largest absolute Gasteiger partial charge is 0.378 e. The number of methoxy groups -OCH3 is 2. The summed E-state index contributed by atoms with van der Waals surface area (Å²) in [6, 6.07) is 13.9. The molecule has 0 N–H and O–H groups in total. The van der Waals surface area contributed by atoms with Gasteiger partial charge in [-0.1, -0.05) is 42.8 Å². The van der Waals surface area contributed by atoms with Crippen LogP contribution in [-0.2, 0) is 19.9 Å². The summed E-state index contributed by atoms with van der Waals surface area (Å²) in [7, 11) is 3.49. The maximum Gasteiger partial charge on any atom is 0.138 e. The van der Waals surface area contributed by atoms with Crippen molar-refractivity contribution in [3.63, 3.8) is 0 Å². The Morgan fingerprint density at radius 3 is 2.65 bits per heavy atom. The number of amidine groups is 1. The molecule has 40 heavy (non-hydrogen) atoms. The maximum atomic E-state index is 14.9. The lowest BCUT2D eigenvalue weighted by atomic mass is 9.81. The van der Waals surface area contributed by atoms with E-state index in [1.807, 2.05) is 18.2 Å². The summed E-state index contributed by atoms with van der Waals surface area (Å²) in [5, 5.41) is 8.34. The molecule has 0 aromatic heterocycles. The first kappa shape index (κ1) is 28.6. The van der Waals surface area contributed by atoms with E-state index < -0.39 is 17.2 Å². The number of carbonyl (C=O) groups is 1. The van der Waals surface area contributed by atoms with Gasteiger partial charge in [0.2, 0.25) is 0 Å². The summed E-state index contributed by atoms with van der Waals surface area (Å²) in [6.45, 7) is 0.941. The zero-order chi connectivity index (χ0) is 28.1. The van der Waals surface area contributed by atoms with Gasteiger partial charge in [0.05, 0.1) is 6.10 Å². The molecule has 214 valence electrons. The van der Waals surface area contributed by atoms with Crippen LogP contribution in [0.2, 0.25) is 0 Å².